The number of carbonyl (C=O) groups excluding carboxylic acids is 1. The van der Waals surface area contributed by atoms with Crippen molar-refractivity contribution in [2.24, 2.45) is 0 Å². The van der Waals surface area contributed by atoms with Gasteiger partial charge in [0.2, 0.25) is 0 Å². The number of ether oxygens (including phenoxy) is 1. The Balaban J connectivity index is 1.15. The summed E-state index contributed by atoms with van der Waals surface area (Å²) in [7, 11) is 0. The van der Waals surface area contributed by atoms with E-state index in [2.05, 4.69) is 25.6 Å². The fourth-order valence-corrected chi connectivity index (χ4v) is 5.27. The smallest absolute Gasteiger partial charge is 0.410 e. The molecule has 39 heavy (non-hydrogen) atoms. The molecule has 2 N–H and O–H groups in total. The molecule has 5 rings (SSSR count). The highest BCUT2D eigenvalue weighted by Gasteiger charge is 2.25. The van der Waals surface area contributed by atoms with Crippen LogP contribution in [0, 0.1) is 0 Å². The zero-order valence-corrected chi connectivity index (χ0v) is 23.8. The molecule has 3 aromatic rings. The van der Waals surface area contributed by atoms with Crippen LogP contribution in [-0.2, 0) is 11.3 Å². The van der Waals surface area contributed by atoms with Crippen LogP contribution in [0.3, 0.4) is 0 Å². The van der Waals surface area contributed by atoms with Crippen LogP contribution >= 0.6 is 12.2 Å². The Bertz CT molecular complexity index is 1310. The van der Waals surface area contributed by atoms with Gasteiger partial charge in [-0.2, -0.15) is 5.10 Å². The number of piperazine rings is 1. The molecule has 0 radical (unpaired) electrons. The molecule has 1 amide bonds. The topological polar surface area (TPSA) is 100 Å². The van der Waals surface area contributed by atoms with Gasteiger partial charge >= 0.3 is 6.09 Å². The molecule has 0 unspecified atom stereocenters. The number of nitrogens with one attached hydrogen (secondary N) is 2. The van der Waals surface area contributed by atoms with Gasteiger partial charge < -0.3 is 20.3 Å². The number of aromatic nitrogens is 4. The van der Waals surface area contributed by atoms with Gasteiger partial charge in [0.15, 0.2) is 5.11 Å². The molecule has 1 aliphatic heterocycles. The first-order chi connectivity index (χ1) is 18.7. The van der Waals surface area contributed by atoms with E-state index in [4.69, 9.17) is 21.9 Å². The zero-order valence-electron chi connectivity index (χ0n) is 23.0. The Morgan fingerprint density at radius 1 is 1.05 bits per heavy atom. The number of carbonyl (C=O) groups is 1. The lowest BCUT2D eigenvalue weighted by atomic mass is 10.1. The molecule has 0 spiro atoms. The molecule has 1 saturated carbocycles. The van der Waals surface area contributed by atoms with Gasteiger partial charge in [-0.05, 0) is 64.0 Å². The van der Waals surface area contributed by atoms with Crippen LogP contribution in [0.25, 0.3) is 22.2 Å². The summed E-state index contributed by atoms with van der Waals surface area (Å²) in [5.41, 5.74) is 3.13. The Morgan fingerprint density at radius 2 is 1.82 bits per heavy atom. The van der Waals surface area contributed by atoms with Crippen molar-refractivity contribution in [3.05, 3.63) is 36.8 Å². The number of fused-ring (bicyclic) bond motifs is 1. The van der Waals surface area contributed by atoms with Crippen molar-refractivity contribution in [1.29, 1.82) is 0 Å². The molecule has 2 fully saturated rings. The van der Waals surface area contributed by atoms with E-state index >= 15 is 0 Å². The summed E-state index contributed by atoms with van der Waals surface area (Å²) in [4.78, 5) is 25.8. The number of amides is 1. The van der Waals surface area contributed by atoms with Crippen molar-refractivity contribution in [1.82, 2.24) is 34.9 Å². The standard InChI is InChI=1S/C28H38N8O2S/c1-28(2,3)38-27(37)35-13-10-34(11-14-35)12-15-36-19-21(18-30-36)20-16-24-23(29-17-20)8-9-25(32-24)33-26(39)31-22-6-4-5-7-22/h8-9,16-19,22H,4-7,10-15H2,1-3H3,(H2,31,32,33,39). The molecule has 208 valence electrons. The van der Waals surface area contributed by atoms with Crippen LogP contribution in [0.1, 0.15) is 46.5 Å². The van der Waals surface area contributed by atoms with E-state index < -0.39 is 5.60 Å². The minimum Gasteiger partial charge on any atom is -0.444 e. The number of anilines is 1. The summed E-state index contributed by atoms with van der Waals surface area (Å²) in [6.07, 6.45) is 10.4. The molecule has 3 aromatic heterocycles. The second-order valence-electron chi connectivity index (χ2n) is 11.3. The van der Waals surface area contributed by atoms with Crippen molar-refractivity contribution in [3.8, 4) is 11.1 Å². The van der Waals surface area contributed by atoms with Crippen molar-refractivity contribution in [3.63, 3.8) is 0 Å². The maximum atomic E-state index is 12.3. The number of rotatable bonds is 6. The van der Waals surface area contributed by atoms with Crippen molar-refractivity contribution in [2.45, 2.75) is 64.6 Å². The van der Waals surface area contributed by atoms with Gasteiger partial charge in [-0.25, -0.2) is 9.78 Å². The lowest BCUT2D eigenvalue weighted by Crippen LogP contribution is -2.50. The van der Waals surface area contributed by atoms with Gasteiger partial charge in [-0.1, -0.05) is 12.8 Å². The second-order valence-corrected chi connectivity index (χ2v) is 11.7. The van der Waals surface area contributed by atoms with E-state index in [1.165, 1.54) is 25.7 Å². The number of hydrogen-bond acceptors (Lipinski definition) is 7. The van der Waals surface area contributed by atoms with Crippen molar-refractivity contribution in [2.75, 3.05) is 38.0 Å². The van der Waals surface area contributed by atoms with Crippen LogP contribution in [0.2, 0.25) is 0 Å². The minimum absolute atomic E-state index is 0.233. The molecule has 1 saturated heterocycles. The minimum atomic E-state index is -0.471. The van der Waals surface area contributed by atoms with Gasteiger partial charge in [0.05, 0.1) is 23.8 Å². The molecule has 10 nitrogen and oxygen atoms in total. The Hall–Kier alpha value is -3.31. The maximum Gasteiger partial charge on any atom is 0.410 e. The van der Waals surface area contributed by atoms with Gasteiger partial charge in [0.1, 0.15) is 11.4 Å². The SMILES string of the molecule is CC(C)(C)OC(=O)N1CCN(CCn2cc(-c3cnc4ccc(NC(=S)NC5CCCC5)nc4c3)cn2)CC1. The van der Waals surface area contributed by atoms with Crippen molar-refractivity contribution >= 4 is 40.3 Å². The first-order valence-electron chi connectivity index (χ1n) is 13.8. The van der Waals surface area contributed by atoms with E-state index in [1.807, 2.05) is 62.2 Å². The number of thiocarbonyl (C=S) groups is 1. The highest BCUT2D eigenvalue weighted by Crippen LogP contribution is 2.23. The van der Waals surface area contributed by atoms with Gasteiger partial charge in [-0.3, -0.25) is 14.6 Å². The molecule has 0 bridgehead atoms. The fraction of sp³-hybridized carbons (Fsp3) is 0.536. The Morgan fingerprint density at radius 3 is 2.56 bits per heavy atom. The first-order valence-corrected chi connectivity index (χ1v) is 14.2. The predicted octanol–water partition coefficient (Wildman–Crippen LogP) is 4.28. The van der Waals surface area contributed by atoms with E-state index in [0.717, 1.165) is 48.3 Å². The quantitative estimate of drug-likeness (QED) is 0.436. The monoisotopic (exact) mass is 550 g/mol. The molecular formula is C28H38N8O2S. The van der Waals surface area contributed by atoms with E-state index in [0.29, 0.717) is 30.1 Å². The summed E-state index contributed by atoms with van der Waals surface area (Å²) in [6, 6.07) is 6.36. The fourth-order valence-electron chi connectivity index (χ4n) is 5.00. The third kappa shape index (κ3) is 7.42. The molecule has 1 aliphatic carbocycles. The Labute approximate surface area is 235 Å². The van der Waals surface area contributed by atoms with E-state index in [-0.39, 0.29) is 6.09 Å². The second kappa shape index (κ2) is 11.8. The number of hydrogen-bond donors (Lipinski definition) is 2. The lowest BCUT2D eigenvalue weighted by molar-refractivity contribution is 0.0142. The molecular weight excluding hydrogens is 512 g/mol. The molecule has 2 aliphatic rings. The zero-order chi connectivity index (χ0) is 27.4. The summed E-state index contributed by atoms with van der Waals surface area (Å²) >= 11 is 5.49. The normalized spacial score (nSPS) is 16.9. The van der Waals surface area contributed by atoms with Gasteiger partial charge in [0.25, 0.3) is 0 Å². The first kappa shape index (κ1) is 27.3. The molecule has 4 heterocycles. The highest BCUT2D eigenvalue weighted by atomic mass is 32.1. The maximum absolute atomic E-state index is 12.3. The molecule has 0 aromatic carbocycles. The average Bonchev–Trinajstić information content (AvgIpc) is 3.59. The third-order valence-corrected chi connectivity index (χ3v) is 7.33. The van der Waals surface area contributed by atoms with Crippen LogP contribution in [0.5, 0.6) is 0 Å². The summed E-state index contributed by atoms with van der Waals surface area (Å²) < 4.78 is 7.45. The summed E-state index contributed by atoms with van der Waals surface area (Å²) in [5.74, 6) is 0.708. The lowest BCUT2D eigenvalue weighted by Gasteiger charge is -2.35. The highest BCUT2D eigenvalue weighted by molar-refractivity contribution is 7.80. The summed E-state index contributed by atoms with van der Waals surface area (Å²) in [6.45, 7) is 10.3. The van der Waals surface area contributed by atoms with Gasteiger partial charge in [0, 0.05) is 62.3 Å². The molecule has 0 atom stereocenters. The van der Waals surface area contributed by atoms with Crippen LogP contribution in [0.4, 0.5) is 10.6 Å². The largest absolute Gasteiger partial charge is 0.444 e. The number of nitrogens with zero attached hydrogens (tertiary/aromatic N) is 6. The Kier molecular flexibility index (Phi) is 8.27. The van der Waals surface area contributed by atoms with Crippen LogP contribution in [0.15, 0.2) is 36.8 Å². The van der Waals surface area contributed by atoms with Crippen molar-refractivity contribution < 1.29 is 9.53 Å². The summed E-state index contributed by atoms with van der Waals surface area (Å²) in [5, 5.41) is 11.8. The van der Waals surface area contributed by atoms with Crippen LogP contribution in [-0.4, -0.2) is 85.1 Å². The number of pyridine rings is 2. The molecule has 11 heteroatoms. The van der Waals surface area contributed by atoms with E-state index in [9.17, 15) is 4.79 Å². The third-order valence-electron chi connectivity index (χ3n) is 7.11. The van der Waals surface area contributed by atoms with E-state index in [1.54, 1.807) is 4.90 Å². The predicted molar refractivity (Wildman–Crippen MR) is 157 cm³/mol. The van der Waals surface area contributed by atoms with Gasteiger partial charge in [-0.15, -0.1) is 0 Å². The van der Waals surface area contributed by atoms with Crippen LogP contribution < -0.4 is 10.6 Å². The average molecular weight is 551 g/mol.